The fraction of sp³-hybridized carbons (Fsp3) is 0.455. The zero-order chi connectivity index (χ0) is 9.98. The standard InChI is InChI=1S/C9H13F.C2H6/c1-4-6-9(5-2)7-8(3)10;1-2/h5,7H,2-4,6H2,1H3;1-2H3/b9-7+;. The molecule has 0 saturated carbocycles. The van der Waals surface area contributed by atoms with Crippen LogP contribution in [0, 0.1) is 0 Å². The zero-order valence-corrected chi connectivity index (χ0v) is 8.36. The van der Waals surface area contributed by atoms with Gasteiger partial charge in [0.25, 0.3) is 0 Å². The van der Waals surface area contributed by atoms with Gasteiger partial charge < -0.3 is 0 Å². The summed E-state index contributed by atoms with van der Waals surface area (Å²) in [5, 5.41) is 0. The van der Waals surface area contributed by atoms with E-state index in [1.54, 1.807) is 6.08 Å². The third-order valence-electron chi connectivity index (χ3n) is 1.14. The molecule has 0 atom stereocenters. The van der Waals surface area contributed by atoms with E-state index in [4.69, 9.17) is 0 Å². The van der Waals surface area contributed by atoms with Crippen molar-refractivity contribution in [3.63, 3.8) is 0 Å². The number of allylic oxidation sites excluding steroid dienone is 4. The van der Waals surface area contributed by atoms with Crippen LogP contribution in [0.15, 0.2) is 36.7 Å². The molecule has 1 heteroatoms. The molecule has 0 aliphatic heterocycles. The summed E-state index contributed by atoms with van der Waals surface area (Å²) >= 11 is 0. The van der Waals surface area contributed by atoms with E-state index in [9.17, 15) is 4.39 Å². The smallest absolute Gasteiger partial charge is 0.116 e. The molecule has 0 heterocycles. The van der Waals surface area contributed by atoms with E-state index in [1.165, 1.54) is 6.08 Å². The van der Waals surface area contributed by atoms with Crippen molar-refractivity contribution in [1.82, 2.24) is 0 Å². The molecule has 70 valence electrons. The lowest BCUT2D eigenvalue weighted by Gasteiger charge is -1.95. The molecule has 0 saturated heterocycles. The van der Waals surface area contributed by atoms with Gasteiger partial charge in [-0.2, -0.15) is 0 Å². The average Bonchev–Trinajstić information content (AvgIpc) is 2.07. The fourth-order valence-electron chi connectivity index (χ4n) is 0.723. The molecule has 0 rings (SSSR count). The van der Waals surface area contributed by atoms with Crippen LogP contribution in [0.5, 0.6) is 0 Å². The molecule has 0 amide bonds. The largest absolute Gasteiger partial charge is 0.208 e. The molecule has 0 fully saturated rings. The van der Waals surface area contributed by atoms with Crippen LogP contribution in [-0.4, -0.2) is 0 Å². The first-order valence-electron chi connectivity index (χ1n) is 4.38. The van der Waals surface area contributed by atoms with Gasteiger partial charge in [0, 0.05) is 0 Å². The van der Waals surface area contributed by atoms with Crippen molar-refractivity contribution in [2.45, 2.75) is 33.6 Å². The number of halogens is 1. The predicted octanol–water partition coefficient (Wildman–Crippen LogP) is 4.41. The SMILES string of the molecule is C=C/C(=C\C(=C)F)CCC.CC. The lowest BCUT2D eigenvalue weighted by Crippen LogP contribution is -1.76. The Hall–Kier alpha value is -0.850. The van der Waals surface area contributed by atoms with Gasteiger partial charge in [0.1, 0.15) is 5.83 Å². The second-order valence-corrected chi connectivity index (χ2v) is 2.12. The second-order valence-electron chi connectivity index (χ2n) is 2.12. The Morgan fingerprint density at radius 3 is 2.17 bits per heavy atom. The summed E-state index contributed by atoms with van der Waals surface area (Å²) in [5.74, 6) is -0.400. The summed E-state index contributed by atoms with van der Waals surface area (Å²) in [5.41, 5.74) is 0.912. The van der Waals surface area contributed by atoms with Crippen molar-refractivity contribution in [2.75, 3.05) is 0 Å². The maximum Gasteiger partial charge on any atom is 0.116 e. The highest BCUT2D eigenvalue weighted by Gasteiger charge is 1.89. The van der Waals surface area contributed by atoms with Gasteiger partial charge in [-0.25, -0.2) is 4.39 Å². The van der Waals surface area contributed by atoms with Crippen LogP contribution in [0.3, 0.4) is 0 Å². The topological polar surface area (TPSA) is 0 Å². The van der Waals surface area contributed by atoms with Crippen molar-refractivity contribution in [3.05, 3.63) is 36.7 Å². The van der Waals surface area contributed by atoms with Crippen LogP contribution in [0.1, 0.15) is 33.6 Å². The van der Waals surface area contributed by atoms with Crippen LogP contribution in [0.25, 0.3) is 0 Å². The Labute approximate surface area is 75.5 Å². The van der Waals surface area contributed by atoms with Gasteiger partial charge >= 0.3 is 0 Å². The van der Waals surface area contributed by atoms with Gasteiger partial charge in [-0.3, -0.25) is 0 Å². The van der Waals surface area contributed by atoms with Gasteiger partial charge in [-0.15, -0.1) is 0 Å². The summed E-state index contributed by atoms with van der Waals surface area (Å²) in [6.45, 7) is 12.7. The highest BCUT2D eigenvalue weighted by Crippen LogP contribution is 2.08. The summed E-state index contributed by atoms with van der Waals surface area (Å²) in [6.07, 6.45) is 4.95. The molecule has 0 aromatic heterocycles. The Kier molecular flexibility index (Phi) is 11.6. The van der Waals surface area contributed by atoms with E-state index in [1.807, 2.05) is 20.8 Å². The second kappa shape index (κ2) is 10.2. The first-order chi connectivity index (χ1) is 5.70. The fourth-order valence-corrected chi connectivity index (χ4v) is 0.723. The zero-order valence-electron chi connectivity index (χ0n) is 8.36. The monoisotopic (exact) mass is 170 g/mol. The van der Waals surface area contributed by atoms with Crippen LogP contribution in [0.4, 0.5) is 4.39 Å². The van der Waals surface area contributed by atoms with Crippen molar-refractivity contribution in [2.24, 2.45) is 0 Å². The highest BCUT2D eigenvalue weighted by molar-refractivity contribution is 5.23. The summed E-state index contributed by atoms with van der Waals surface area (Å²) < 4.78 is 12.1. The third kappa shape index (κ3) is 9.15. The Bertz CT molecular complexity index is 154. The van der Waals surface area contributed by atoms with Crippen LogP contribution in [-0.2, 0) is 0 Å². The van der Waals surface area contributed by atoms with Crippen LogP contribution < -0.4 is 0 Å². The van der Waals surface area contributed by atoms with Crippen LogP contribution in [0.2, 0.25) is 0 Å². The van der Waals surface area contributed by atoms with Gasteiger partial charge in [-0.1, -0.05) is 46.4 Å². The molecule has 0 aromatic carbocycles. The van der Waals surface area contributed by atoms with Gasteiger partial charge in [0.2, 0.25) is 0 Å². The van der Waals surface area contributed by atoms with Crippen molar-refractivity contribution in [1.29, 1.82) is 0 Å². The van der Waals surface area contributed by atoms with Crippen molar-refractivity contribution >= 4 is 0 Å². The highest BCUT2D eigenvalue weighted by atomic mass is 19.1. The number of rotatable bonds is 4. The molecule has 0 N–H and O–H groups in total. The van der Waals surface area contributed by atoms with E-state index < -0.39 is 5.83 Å². The minimum atomic E-state index is -0.400. The quantitative estimate of drug-likeness (QED) is 0.548. The Morgan fingerprint density at radius 2 is 1.92 bits per heavy atom. The molecule has 0 aliphatic carbocycles. The van der Waals surface area contributed by atoms with Gasteiger partial charge in [0.05, 0.1) is 0 Å². The van der Waals surface area contributed by atoms with E-state index in [2.05, 4.69) is 13.2 Å². The lowest BCUT2D eigenvalue weighted by molar-refractivity contribution is 0.668. The summed E-state index contributed by atoms with van der Waals surface area (Å²) in [4.78, 5) is 0. The minimum Gasteiger partial charge on any atom is -0.208 e. The summed E-state index contributed by atoms with van der Waals surface area (Å²) in [6, 6.07) is 0. The van der Waals surface area contributed by atoms with E-state index >= 15 is 0 Å². The minimum absolute atomic E-state index is 0.400. The molecule has 0 aromatic rings. The van der Waals surface area contributed by atoms with E-state index in [-0.39, 0.29) is 0 Å². The lowest BCUT2D eigenvalue weighted by atomic mass is 10.1. The first kappa shape index (κ1) is 13.7. The molecule has 0 radical (unpaired) electrons. The van der Waals surface area contributed by atoms with Crippen molar-refractivity contribution in [3.8, 4) is 0 Å². The molecule has 0 aliphatic rings. The van der Waals surface area contributed by atoms with E-state index in [0.717, 1.165) is 18.4 Å². The maximum atomic E-state index is 12.1. The average molecular weight is 170 g/mol. The molecule has 0 nitrogen and oxygen atoms in total. The van der Waals surface area contributed by atoms with Gasteiger partial charge in [0.15, 0.2) is 0 Å². The third-order valence-corrected chi connectivity index (χ3v) is 1.14. The molecule has 0 spiro atoms. The number of hydrogen-bond acceptors (Lipinski definition) is 0. The number of hydrogen-bond donors (Lipinski definition) is 0. The molecule has 0 unspecified atom stereocenters. The van der Waals surface area contributed by atoms with Crippen LogP contribution >= 0.6 is 0 Å². The molecular weight excluding hydrogens is 151 g/mol. The first-order valence-corrected chi connectivity index (χ1v) is 4.38. The normalized spacial score (nSPS) is 9.83. The Morgan fingerprint density at radius 1 is 1.42 bits per heavy atom. The van der Waals surface area contributed by atoms with E-state index in [0.29, 0.717) is 0 Å². The van der Waals surface area contributed by atoms with Crippen molar-refractivity contribution < 1.29 is 4.39 Å². The van der Waals surface area contributed by atoms with Gasteiger partial charge in [-0.05, 0) is 18.1 Å². The summed E-state index contributed by atoms with van der Waals surface area (Å²) in [7, 11) is 0. The predicted molar refractivity (Wildman–Crippen MR) is 54.8 cm³/mol. The molecule has 0 bridgehead atoms. The molecular formula is C11H19F. The maximum absolute atomic E-state index is 12.1. The molecule has 12 heavy (non-hydrogen) atoms. The Balaban J connectivity index is 0.